The zero-order valence-corrected chi connectivity index (χ0v) is 15.6. The number of nitrogens with zero attached hydrogens (tertiary/aromatic N) is 6. The van der Waals surface area contributed by atoms with Crippen LogP contribution in [0, 0.1) is 6.92 Å². The molecule has 1 aliphatic rings. The molecule has 9 nitrogen and oxygen atoms in total. The van der Waals surface area contributed by atoms with E-state index in [4.69, 9.17) is 9.47 Å². The summed E-state index contributed by atoms with van der Waals surface area (Å²) in [7, 11) is 1.88. The van der Waals surface area contributed by atoms with Gasteiger partial charge in [-0.15, -0.1) is 0 Å². The summed E-state index contributed by atoms with van der Waals surface area (Å²) in [6, 6.07) is 3.90. The first-order valence-electron chi connectivity index (χ1n) is 8.48. The Morgan fingerprint density at radius 2 is 2.22 bits per heavy atom. The minimum atomic E-state index is -0.00107. The quantitative estimate of drug-likeness (QED) is 0.566. The van der Waals surface area contributed by atoms with Crippen LogP contribution >= 0.6 is 11.5 Å². The van der Waals surface area contributed by atoms with Crippen LogP contribution in [0.5, 0.6) is 5.88 Å². The van der Waals surface area contributed by atoms with E-state index in [1.165, 1.54) is 11.5 Å². The van der Waals surface area contributed by atoms with Gasteiger partial charge >= 0.3 is 0 Å². The van der Waals surface area contributed by atoms with Crippen molar-refractivity contribution in [1.82, 2.24) is 28.7 Å². The number of anilines is 2. The summed E-state index contributed by atoms with van der Waals surface area (Å²) in [4.78, 5) is 9.27. The number of ether oxygens (including phenoxy) is 2. The molecule has 0 saturated carbocycles. The van der Waals surface area contributed by atoms with Crippen molar-refractivity contribution < 1.29 is 9.47 Å². The van der Waals surface area contributed by atoms with Crippen LogP contribution in [0.25, 0.3) is 16.7 Å². The molecule has 0 amide bonds. The van der Waals surface area contributed by atoms with Gasteiger partial charge in [0.2, 0.25) is 11.8 Å². The lowest BCUT2D eigenvalue weighted by Gasteiger charge is -2.26. The maximum absolute atomic E-state index is 6.10. The Morgan fingerprint density at radius 1 is 1.33 bits per heavy atom. The van der Waals surface area contributed by atoms with E-state index in [9.17, 15) is 0 Å². The fraction of sp³-hybridized carbons (Fsp3) is 0.294. The Hall–Kier alpha value is -2.98. The molecule has 27 heavy (non-hydrogen) atoms. The molecule has 1 N–H and O–H groups in total. The zero-order chi connectivity index (χ0) is 18.4. The molecule has 138 valence electrons. The molecule has 0 radical (unpaired) electrons. The highest BCUT2D eigenvalue weighted by molar-refractivity contribution is 7.10. The lowest BCUT2D eigenvalue weighted by molar-refractivity contribution is -0.0807. The average molecular weight is 383 g/mol. The van der Waals surface area contributed by atoms with Crippen LogP contribution in [0.1, 0.15) is 5.69 Å². The molecule has 4 aromatic heterocycles. The number of aryl methyl sites for hydroxylation is 2. The monoisotopic (exact) mass is 383 g/mol. The summed E-state index contributed by atoms with van der Waals surface area (Å²) in [6.07, 6.45) is 5.67. The number of fused-ring (bicyclic) bond motifs is 1. The van der Waals surface area contributed by atoms with Gasteiger partial charge in [0.15, 0.2) is 0 Å². The Kier molecular flexibility index (Phi) is 3.80. The van der Waals surface area contributed by atoms with Crippen LogP contribution in [0.2, 0.25) is 0 Å². The second-order valence-corrected chi connectivity index (χ2v) is 7.18. The Morgan fingerprint density at radius 3 is 2.89 bits per heavy atom. The maximum atomic E-state index is 6.10. The smallest absolute Gasteiger partial charge is 0.244 e. The minimum Gasteiger partial charge on any atom is -0.468 e. The van der Waals surface area contributed by atoms with Crippen LogP contribution in [-0.4, -0.2) is 48.0 Å². The van der Waals surface area contributed by atoms with E-state index in [1.807, 2.05) is 43.1 Å². The molecule has 0 atom stereocenters. The minimum absolute atomic E-state index is 0.00107. The topological polar surface area (TPSA) is 91.9 Å². The lowest BCUT2D eigenvalue weighted by atomic mass is 10.3. The SMILES string of the molecule is Cc1cc(Nc2nc(OC3COC3)c3c(ccn3-c3cnn(C)c3)n2)sn1. The van der Waals surface area contributed by atoms with Gasteiger partial charge in [0.25, 0.3) is 0 Å². The van der Waals surface area contributed by atoms with E-state index in [1.54, 1.807) is 10.9 Å². The third-order valence-corrected chi connectivity index (χ3v) is 5.02. The molecule has 5 heterocycles. The highest BCUT2D eigenvalue weighted by Crippen LogP contribution is 2.31. The Bertz CT molecular complexity index is 1110. The number of hydrogen-bond acceptors (Lipinski definition) is 8. The molecule has 10 heteroatoms. The second kappa shape index (κ2) is 6.32. The van der Waals surface area contributed by atoms with E-state index in [0.717, 1.165) is 27.4 Å². The van der Waals surface area contributed by atoms with Gasteiger partial charge in [0.1, 0.15) is 16.6 Å². The van der Waals surface area contributed by atoms with E-state index >= 15 is 0 Å². The largest absolute Gasteiger partial charge is 0.468 e. The summed E-state index contributed by atoms with van der Waals surface area (Å²) < 4.78 is 19.3. The molecule has 1 saturated heterocycles. The van der Waals surface area contributed by atoms with Gasteiger partial charge in [-0.25, -0.2) is 4.98 Å². The van der Waals surface area contributed by atoms with E-state index in [-0.39, 0.29) is 6.10 Å². The maximum Gasteiger partial charge on any atom is 0.244 e. The third kappa shape index (κ3) is 3.02. The van der Waals surface area contributed by atoms with Crippen LogP contribution in [-0.2, 0) is 11.8 Å². The number of nitrogens with one attached hydrogen (secondary N) is 1. The van der Waals surface area contributed by atoms with Gasteiger partial charge in [-0.1, -0.05) is 0 Å². The normalized spacial score (nSPS) is 14.4. The molecule has 5 rings (SSSR count). The molecule has 1 fully saturated rings. The average Bonchev–Trinajstić information content (AvgIpc) is 3.31. The van der Waals surface area contributed by atoms with Crippen LogP contribution in [0.3, 0.4) is 0 Å². The van der Waals surface area contributed by atoms with Gasteiger partial charge in [-0.2, -0.15) is 14.5 Å². The second-order valence-electron chi connectivity index (χ2n) is 6.38. The van der Waals surface area contributed by atoms with Crippen LogP contribution < -0.4 is 10.1 Å². The van der Waals surface area contributed by atoms with E-state index in [2.05, 4.69) is 24.8 Å². The first-order valence-corrected chi connectivity index (χ1v) is 9.26. The first-order chi connectivity index (χ1) is 13.2. The van der Waals surface area contributed by atoms with Crippen molar-refractivity contribution in [2.24, 2.45) is 7.05 Å². The predicted molar refractivity (Wildman–Crippen MR) is 101 cm³/mol. The molecule has 4 aromatic rings. The highest BCUT2D eigenvalue weighted by Gasteiger charge is 2.24. The van der Waals surface area contributed by atoms with Crippen molar-refractivity contribution in [3.8, 4) is 11.6 Å². The number of aromatic nitrogens is 6. The molecular formula is C17H17N7O2S. The van der Waals surface area contributed by atoms with Crippen molar-refractivity contribution in [3.63, 3.8) is 0 Å². The molecular weight excluding hydrogens is 366 g/mol. The summed E-state index contributed by atoms with van der Waals surface area (Å²) in [6.45, 7) is 3.08. The number of rotatable bonds is 5. The van der Waals surface area contributed by atoms with Crippen molar-refractivity contribution in [2.45, 2.75) is 13.0 Å². The summed E-state index contributed by atoms with van der Waals surface area (Å²) in [5, 5.41) is 8.35. The van der Waals surface area contributed by atoms with Crippen molar-refractivity contribution in [3.05, 3.63) is 36.4 Å². The zero-order valence-electron chi connectivity index (χ0n) is 14.8. The summed E-state index contributed by atoms with van der Waals surface area (Å²) in [5.74, 6) is 0.996. The van der Waals surface area contributed by atoms with E-state index < -0.39 is 0 Å². The molecule has 0 unspecified atom stereocenters. The Balaban J connectivity index is 1.60. The molecule has 0 spiro atoms. The molecule has 1 aliphatic heterocycles. The highest BCUT2D eigenvalue weighted by atomic mass is 32.1. The fourth-order valence-corrected chi connectivity index (χ4v) is 3.53. The van der Waals surface area contributed by atoms with Gasteiger partial charge in [-0.05, 0) is 30.6 Å². The summed E-state index contributed by atoms with van der Waals surface area (Å²) >= 11 is 1.37. The Labute approximate surface area is 158 Å². The standard InChI is InChI=1S/C17H17N7O2S/c1-10-5-14(27-22-10)20-17-19-13-3-4-24(11-6-18-23(2)7-11)15(13)16(21-17)26-12-8-25-9-12/h3-7,12H,8-9H2,1-2H3,(H,19,20,21). The van der Waals surface area contributed by atoms with Gasteiger partial charge in [0.05, 0.1) is 36.3 Å². The summed E-state index contributed by atoms with van der Waals surface area (Å²) in [5.41, 5.74) is 3.47. The lowest BCUT2D eigenvalue weighted by Crippen LogP contribution is -2.38. The fourth-order valence-electron chi connectivity index (χ4n) is 2.87. The third-order valence-electron chi connectivity index (χ3n) is 4.22. The van der Waals surface area contributed by atoms with E-state index in [0.29, 0.717) is 25.0 Å². The molecule has 0 bridgehead atoms. The molecule has 0 aromatic carbocycles. The van der Waals surface area contributed by atoms with Crippen LogP contribution in [0.4, 0.5) is 10.9 Å². The van der Waals surface area contributed by atoms with Gasteiger partial charge in [0, 0.05) is 19.4 Å². The van der Waals surface area contributed by atoms with Gasteiger partial charge < -0.3 is 19.4 Å². The molecule has 0 aliphatic carbocycles. The van der Waals surface area contributed by atoms with Crippen LogP contribution in [0.15, 0.2) is 30.7 Å². The number of hydrogen-bond donors (Lipinski definition) is 1. The van der Waals surface area contributed by atoms with Crippen molar-refractivity contribution in [1.29, 1.82) is 0 Å². The van der Waals surface area contributed by atoms with Gasteiger partial charge in [-0.3, -0.25) is 4.68 Å². The predicted octanol–water partition coefficient (Wildman–Crippen LogP) is 2.44. The van der Waals surface area contributed by atoms with Crippen molar-refractivity contribution in [2.75, 3.05) is 18.5 Å². The van der Waals surface area contributed by atoms with Crippen molar-refractivity contribution >= 4 is 33.5 Å². The first kappa shape index (κ1) is 16.2.